The number of pyridine rings is 1. The minimum absolute atomic E-state index is 0.00449. The average Bonchev–Trinajstić information content (AvgIpc) is 2.62. The van der Waals surface area contributed by atoms with Gasteiger partial charge in [0.1, 0.15) is 0 Å². The summed E-state index contributed by atoms with van der Waals surface area (Å²) < 4.78 is 0. The van der Waals surface area contributed by atoms with Crippen LogP contribution >= 0.6 is 0 Å². The number of nitrogens with zero attached hydrogens (tertiary/aromatic N) is 2. The zero-order valence-electron chi connectivity index (χ0n) is 14.4. The molecule has 0 aliphatic rings. The number of aromatic nitrogens is 3. The molecule has 3 aromatic rings. The number of nitrogen functional groups attached to an aromatic ring is 1. The van der Waals surface area contributed by atoms with Gasteiger partial charge in [-0.25, -0.2) is 14.8 Å². The van der Waals surface area contributed by atoms with Crippen molar-refractivity contribution in [2.75, 3.05) is 5.73 Å². The number of nitrogens with one attached hydrogen (secondary N) is 1. The number of hydrogen-bond acceptors (Lipinski definition) is 5. The first-order valence-corrected chi connectivity index (χ1v) is 8.08. The third kappa shape index (κ3) is 3.19. The summed E-state index contributed by atoms with van der Waals surface area (Å²) in [5.74, 6) is -1.42. The van der Waals surface area contributed by atoms with E-state index in [1.54, 1.807) is 6.07 Å². The van der Waals surface area contributed by atoms with Crippen molar-refractivity contribution >= 4 is 11.8 Å². The summed E-state index contributed by atoms with van der Waals surface area (Å²) in [5.41, 5.74) is 8.11. The Hall–Kier alpha value is -3.48. The molecule has 26 heavy (non-hydrogen) atoms. The van der Waals surface area contributed by atoms with Crippen LogP contribution < -0.4 is 11.3 Å². The highest BCUT2D eigenvalue weighted by atomic mass is 16.4. The van der Waals surface area contributed by atoms with Gasteiger partial charge < -0.3 is 15.8 Å². The second-order valence-electron chi connectivity index (χ2n) is 6.13. The summed E-state index contributed by atoms with van der Waals surface area (Å²) >= 11 is 0. The van der Waals surface area contributed by atoms with E-state index in [0.717, 1.165) is 5.56 Å². The SMILES string of the molecule is CC(C)c1[nH]c(=O)ccc1-c1nc(C(=O)O)c(N)nc1-c1ccccc1. The van der Waals surface area contributed by atoms with Gasteiger partial charge in [0.15, 0.2) is 11.5 Å². The molecule has 0 aliphatic carbocycles. The van der Waals surface area contributed by atoms with E-state index in [0.29, 0.717) is 22.6 Å². The van der Waals surface area contributed by atoms with E-state index in [-0.39, 0.29) is 23.0 Å². The number of benzene rings is 1. The van der Waals surface area contributed by atoms with Crippen molar-refractivity contribution in [1.29, 1.82) is 0 Å². The highest BCUT2D eigenvalue weighted by molar-refractivity contribution is 5.93. The van der Waals surface area contributed by atoms with Crippen LogP contribution in [-0.4, -0.2) is 26.0 Å². The maximum Gasteiger partial charge on any atom is 0.358 e. The summed E-state index contributed by atoms with van der Waals surface area (Å²) in [7, 11) is 0. The van der Waals surface area contributed by atoms with Crippen LogP contribution in [0.3, 0.4) is 0 Å². The first-order valence-electron chi connectivity index (χ1n) is 8.08. The lowest BCUT2D eigenvalue weighted by Crippen LogP contribution is -2.13. The van der Waals surface area contributed by atoms with Gasteiger partial charge in [-0.15, -0.1) is 0 Å². The quantitative estimate of drug-likeness (QED) is 0.665. The molecule has 2 heterocycles. The van der Waals surface area contributed by atoms with Gasteiger partial charge in [-0.2, -0.15) is 0 Å². The molecule has 7 heteroatoms. The Bertz CT molecular complexity index is 1030. The molecule has 0 saturated carbocycles. The minimum atomic E-state index is -1.26. The lowest BCUT2D eigenvalue weighted by Gasteiger charge is -2.16. The number of rotatable bonds is 4. The number of H-pyrrole nitrogens is 1. The molecule has 132 valence electrons. The highest BCUT2D eigenvalue weighted by Gasteiger charge is 2.22. The molecule has 3 rings (SSSR count). The van der Waals surface area contributed by atoms with Crippen LogP contribution in [0.4, 0.5) is 5.82 Å². The van der Waals surface area contributed by atoms with Crippen LogP contribution in [0.15, 0.2) is 47.3 Å². The Morgan fingerprint density at radius 3 is 2.38 bits per heavy atom. The van der Waals surface area contributed by atoms with Gasteiger partial charge in [0.05, 0.1) is 11.4 Å². The maximum atomic E-state index is 11.8. The zero-order chi connectivity index (χ0) is 18.8. The predicted molar refractivity (Wildman–Crippen MR) is 99.0 cm³/mol. The lowest BCUT2D eigenvalue weighted by molar-refractivity contribution is 0.0691. The summed E-state index contributed by atoms with van der Waals surface area (Å²) in [5, 5.41) is 9.38. The lowest BCUT2D eigenvalue weighted by atomic mass is 9.97. The van der Waals surface area contributed by atoms with Gasteiger partial charge >= 0.3 is 5.97 Å². The number of anilines is 1. The standard InChI is InChI=1S/C19H18N4O3/c1-10(2)14-12(8-9-13(24)21-14)16-15(11-6-4-3-5-7-11)23-18(20)17(22-16)19(25)26/h3-10H,1-2H3,(H2,20,23)(H,21,24)(H,25,26). The Morgan fingerprint density at radius 2 is 1.77 bits per heavy atom. The first kappa shape index (κ1) is 17.3. The fraction of sp³-hybridized carbons (Fsp3) is 0.158. The van der Waals surface area contributed by atoms with Crippen LogP contribution in [0.25, 0.3) is 22.5 Å². The fourth-order valence-electron chi connectivity index (χ4n) is 2.74. The van der Waals surface area contributed by atoms with Crippen LogP contribution in [0.5, 0.6) is 0 Å². The van der Waals surface area contributed by atoms with Crippen molar-refractivity contribution in [2.24, 2.45) is 0 Å². The molecule has 0 radical (unpaired) electrons. The largest absolute Gasteiger partial charge is 0.476 e. The molecular weight excluding hydrogens is 332 g/mol. The number of carboxylic acid groups (broad SMARTS) is 1. The first-order chi connectivity index (χ1) is 12.4. The van der Waals surface area contributed by atoms with E-state index in [1.807, 2.05) is 44.2 Å². The van der Waals surface area contributed by atoms with Crippen molar-refractivity contribution in [3.63, 3.8) is 0 Å². The number of hydrogen-bond donors (Lipinski definition) is 3. The summed E-state index contributed by atoms with van der Waals surface area (Å²) in [4.78, 5) is 34.6. The molecule has 0 atom stereocenters. The topological polar surface area (TPSA) is 122 Å². The molecule has 0 spiro atoms. The fourth-order valence-corrected chi connectivity index (χ4v) is 2.74. The van der Waals surface area contributed by atoms with E-state index in [9.17, 15) is 14.7 Å². The smallest absolute Gasteiger partial charge is 0.358 e. The number of carboxylic acids is 1. The number of aromatic carboxylic acids is 1. The van der Waals surface area contributed by atoms with E-state index < -0.39 is 5.97 Å². The molecule has 0 aliphatic heterocycles. The molecule has 0 bridgehead atoms. The van der Waals surface area contributed by atoms with Gasteiger partial charge in [-0.05, 0) is 12.0 Å². The third-order valence-corrected chi connectivity index (χ3v) is 3.95. The summed E-state index contributed by atoms with van der Waals surface area (Å²) in [6, 6.07) is 12.3. The summed E-state index contributed by atoms with van der Waals surface area (Å²) in [6.45, 7) is 3.86. The van der Waals surface area contributed by atoms with E-state index >= 15 is 0 Å². The zero-order valence-corrected chi connectivity index (χ0v) is 14.4. The van der Waals surface area contributed by atoms with Gasteiger partial charge in [0.25, 0.3) is 0 Å². The Balaban J connectivity index is 2.38. The van der Waals surface area contributed by atoms with Crippen LogP contribution in [-0.2, 0) is 0 Å². The molecule has 0 amide bonds. The van der Waals surface area contributed by atoms with Crippen molar-refractivity contribution in [2.45, 2.75) is 19.8 Å². The molecule has 4 N–H and O–H groups in total. The molecule has 0 saturated heterocycles. The van der Waals surface area contributed by atoms with Crippen LogP contribution in [0.1, 0.15) is 35.9 Å². The molecular formula is C19H18N4O3. The van der Waals surface area contributed by atoms with Gasteiger partial charge in [0.2, 0.25) is 5.56 Å². The van der Waals surface area contributed by atoms with Crippen molar-refractivity contribution < 1.29 is 9.90 Å². The van der Waals surface area contributed by atoms with Gasteiger partial charge in [-0.3, -0.25) is 4.79 Å². The number of nitrogens with two attached hydrogens (primary N) is 1. The number of carbonyl (C=O) groups is 1. The summed E-state index contributed by atoms with van der Waals surface area (Å²) in [6.07, 6.45) is 0. The monoisotopic (exact) mass is 350 g/mol. The highest BCUT2D eigenvalue weighted by Crippen LogP contribution is 2.33. The molecule has 0 unspecified atom stereocenters. The van der Waals surface area contributed by atoms with Crippen LogP contribution in [0.2, 0.25) is 0 Å². The van der Waals surface area contributed by atoms with Gasteiger partial charge in [-0.1, -0.05) is 44.2 Å². The number of aromatic amines is 1. The Morgan fingerprint density at radius 1 is 1.08 bits per heavy atom. The maximum absolute atomic E-state index is 11.8. The van der Waals surface area contributed by atoms with E-state index in [2.05, 4.69) is 15.0 Å². The van der Waals surface area contributed by atoms with Crippen molar-refractivity contribution in [1.82, 2.24) is 15.0 Å². The second-order valence-corrected chi connectivity index (χ2v) is 6.13. The predicted octanol–water partition coefficient (Wildman–Crippen LogP) is 2.90. The normalized spacial score (nSPS) is 10.9. The minimum Gasteiger partial charge on any atom is -0.476 e. The Kier molecular flexibility index (Phi) is 4.53. The molecule has 2 aromatic heterocycles. The molecule has 7 nitrogen and oxygen atoms in total. The third-order valence-electron chi connectivity index (χ3n) is 3.95. The van der Waals surface area contributed by atoms with Crippen molar-refractivity contribution in [3.8, 4) is 22.5 Å². The average molecular weight is 350 g/mol. The second kappa shape index (κ2) is 6.79. The molecule has 0 fully saturated rings. The van der Waals surface area contributed by atoms with Crippen molar-refractivity contribution in [3.05, 3.63) is 64.2 Å². The van der Waals surface area contributed by atoms with E-state index in [1.165, 1.54) is 6.07 Å². The van der Waals surface area contributed by atoms with Gasteiger partial charge in [0, 0.05) is 22.9 Å². The Labute approximate surface area is 149 Å². The van der Waals surface area contributed by atoms with Crippen LogP contribution in [0, 0.1) is 0 Å². The van der Waals surface area contributed by atoms with E-state index in [4.69, 9.17) is 5.73 Å². The molecule has 1 aromatic carbocycles.